The second kappa shape index (κ2) is 9.03. The summed E-state index contributed by atoms with van der Waals surface area (Å²) in [5, 5.41) is 3.72. The van der Waals surface area contributed by atoms with Crippen molar-refractivity contribution in [1.29, 1.82) is 0 Å². The Morgan fingerprint density at radius 2 is 1.97 bits per heavy atom. The van der Waals surface area contributed by atoms with E-state index in [4.69, 9.17) is 4.74 Å². The van der Waals surface area contributed by atoms with Gasteiger partial charge in [0.05, 0.1) is 23.7 Å². The van der Waals surface area contributed by atoms with Gasteiger partial charge in [0.15, 0.2) is 0 Å². The Kier molecular flexibility index (Phi) is 6.04. The number of alkyl halides is 3. The molecule has 1 aliphatic carbocycles. The fourth-order valence-corrected chi connectivity index (χ4v) is 4.94. The van der Waals surface area contributed by atoms with Crippen LogP contribution in [0.4, 0.5) is 24.7 Å². The lowest BCUT2D eigenvalue weighted by Gasteiger charge is -2.35. The van der Waals surface area contributed by atoms with Crippen molar-refractivity contribution < 1.29 is 22.7 Å². The first-order valence-electron chi connectivity index (χ1n) is 11.6. The number of likely N-dealkylation sites (N-methyl/N-ethyl adjacent to an activating group) is 1. The first-order chi connectivity index (χ1) is 16.7. The van der Waals surface area contributed by atoms with Crippen LogP contribution in [0.15, 0.2) is 24.5 Å². The van der Waals surface area contributed by atoms with E-state index in [1.165, 1.54) is 19.5 Å². The van der Waals surface area contributed by atoms with E-state index >= 15 is 0 Å². The van der Waals surface area contributed by atoms with Crippen LogP contribution >= 0.6 is 0 Å². The third kappa shape index (κ3) is 4.52. The molecule has 2 aromatic heterocycles. The summed E-state index contributed by atoms with van der Waals surface area (Å²) in [6.45, 7) is 3.16. The average molecular weight is 489 g/mol. The Morgan fingerprint density at radius 3 is 2.69 bits per heavy atom. The van der Waals surface area contributed by atoms with Crippen LogP contribution in [0.25, 0.3) is 11.0 Å². The molecule has 1 fully saturated rings. The molecule has 2 aliphatic rings. The number of carbonyl (C=O) groups is 1. The van der Waals surface area contributed by atoms with E-state index in [-0.39, 0.29) is 23.3 Å². The van der Waals surface area contributed by atoms with E-state index in [9.17, 15) is 18.0 Å². The van der Waals surface area contributed by atoms with Crippen molar-refractivity contribution in [2.24, 2.45) is 5.92 Å². The molecular weight excluding hydrogens is 461 g/mol. The van der Waals surface area contributed by atoms with Crippen LogP contribution in [-0.4, -0.2) is 71.0 Å². The minimum absolute atomic E-state index is 0.151. The number of nitrogens with zero attached hydrogens (tertiary/aromatic N) is 4. The third-order valence-corrected chi connectivity index (χ3v) is 6.92. The fraction of sp³-hybridized carbons (Fsp3) is 0.458. The second-order valence-corrected chi connectivity index (χ2v) is 9.13. The van der Waals surface area contributed by atoms with Gasteiger partial charge in [0.25, 0.3) is 0 Å². The van der Waals surface area contributed by atoms with E-state index in [0.29, 0.717) is 29.7 Å². The van der Waals surface area contributed by atoms with E-state index < -0.39 is 11.7 Å². The molecule has 186 valence electrons. The van der Waals surface area contributed by atoms with Crippen LogP contribution in [0, 0.1) is 5.92 Å². The molecule has 8 nitrogen and oxygen atoms in total. The van der Waals surface area contributed by atoms with Crippen LogP contribution in [0.1, 0.15) is 23.2 Å². The number of rotatable bonds is 4. The standard InChI is InChI=1S/C24H27F3N6O2/c1-32-7-9-33(10-8-32)23(34)14-3-5-17-16(11-14)20-21(30-17)28-13-29-22(20)31-18-12-15(24(25,26)27)4-6-19(18)35-2/h4,6,12-14H,3,5,7-11H2,1-2H3,(H2,28,29,30,31). The minimum atomic E-state index is -4.49. The molecule has 35 heavy (non-hydrogen) atoms. The van der Waals surface area contributed by atoms with Gasteiger partial charge in [0.1, 0.15) is 23.5 Å². The van der Waals surface area contributed by atoms with Gasteiger partial charge in [0.2, 0.25) is 5.91 Å². The molecule has 0 saturated carbocycles. The zero-order valence-electron chi connectivity index (χ0n) is 19.6. The van der Waals surface area contributed by atoms with Gasteiger partial charge in [-0.25, -0.2) is 9.97 Å². The number of anilines is 2. The molecule has 11 heteroatoms. The maximum atomic E-state index is 13.3. The molecule has 1 aromatic carbocycles. The molecule has 3 aromatic rings. The van der Waals surface area contributed by atoms with Crippen molar-refractivity contribution >= 4 is 28.4 Å². The maximum Gasteiger partial charge on any atom is 0.416 e. The molecule has 1 atom stereocenters. The number of halogens is 3. The second-order valence-electron chi connectivity index (χ2n) is 9.13. The van der Waals surface area contributed by atoms with Gasteiger partial charge in [-0.15, -0.1) is 0 Å². The maximum absolute atomic E-state index is 13.3. The highest BCUT2D eigenvalue weighted by atomic mass is 19.4. The van der Waals surface area contributed by atoms with Gasteiger partial charge in [-0.05, 0) is 50.1 Å². The number of amides is 1. The number of nitrogens with one attached hydrogen (secondary N) is 2. The molecule has 0 radical (unpaired) electrons. The number of benzene rings is 1. The van der Waals surface area contributed by atoms with Crippen molar-refractivity contribution in [1.82, 2.24) is 24.8 Å². The fourth-order valence-electron chi connectivity index (χ4n) is 4.94. The Morgan fingerprint density at radius 1 is 1.20 bits per heavy atom. The summed E-state index contributed by atoms with van der Waals surface area (Å²) >= 11 is 0. The summed E-state index contributed by atoms with van der Waals surface area (Å²) in [5.74, 6) is 0.639. The summed E-state index contributed by atoms with van der Waals surface area (Å²) in [6, 6.07) is 3.26. The first-order valence-corrected chi connectivity index (χ1v) is 11.6. The van der Waals surface area contributed by atoms with E-state index in [1.54, 1.807) is 0 Å². The summed E-state index contributed by atoms with van der Waals surface area (Å²) < 4.78 is 45.3. The number of piperazine rings is 1. The molecule has 5 rings (SSSR count). The van der Waals surface area contributed by atoms with Crippen LogP contribution in [0.5, 0.6) is 5.75 Å². The van der Waals surface area contributed by atoms with Crippen LogP contribution in [0.3, 0.4) is 0 Å². The van der Waals surface area contributed by atoms with Crippen molar-refractivity contribution in [2.75, 3.05) is 45.7 Å². The first kappa shape index (κ1) is 23.4. The molecule has 0 spiro atoms. The molecule has 1 saturated heterocycles. The Hall–Kier alpha value is -3.34. The highest BCUT2D eigenvalue weighted by Gasteiger charge is 2.33. The van der Waals surface area contributed by atoms with E-state index in [0.717, 1.165) is 56.0 Å². The highest BCUT2D eigenvalue weighted by molar-refractivity contribution is 5.94. The van der Waals surface area contributed by atoms with E-state index in [1.807, 2.05) is 4.90 Å². The summed E-state index contributed by atoms with van der Waals surface area (Å²) in [4.78, 5) is 29.4. The predicted molar refractivity (Wildman–Crippen MR) is 125 cm³/mol. The molecule has 3 heterocycles. The number of carbonyl (C=O) groups excluding carboxylic acids is 1. The number of aromatic nitrogens is 3. The lowest BCUT2D eigenvalue weighted by atomic mass is 9.85. The molecule has 1 amide bonds. The van der Waals surface area contributed by atoms with Crippen molar-refractivity contribution in [3.05, 3.63) is 41.3 Å². The number of methoxy groups -OCH3 is 1. The number of aromatic amines is 1. The van der Waals surface area contributed by atoms with Gasteiger partial charge in [-0.2, -0.15) is 13.2 Å². The van der Waals surface area contributed by atoms with Crippen molar-refractivity contribution in [3.8, 4) is 5.75 Å². The SMILES string of the molecule is COc1ccc(C(F)(F)F)cc1Nc1ncnc2[nH]c3c(c12)CC(C(=O)N1CCN(C)CC1)CC3. The predicted octanol–water partition coefficient (Wildman–Crippen LogP) is 3.61. The van der Waals surface area contributed by atoms with Crippen LogP contribution < -0.4 is 10.1 Å². The number of H-pyrrole nitrogens is 1. The van der Waals surface area contributed by atoms with Crippen LogP contribution in [0.2, 0.25) is 0 Å². The summed E-state index contributed by atoms with van der Waals surface area (Å²) in [5.41, 5.74) is 1.87. The highest BCUT2D eigenvalue weighted by Crippen LogP contribution is 2.39. The number of hydrogen-bond donors (Lipinski definition) is 2. The zero-order chi connectivity index (χ0) is 24.7. The quantitative estimate of drug-likeness (QED) is 0.584. The smallest absolute Gasteiger partial charge is 0.416 e. The van der Waals surface area contributed by atoms with Crippen LogP contribution in [-0.2, 0) is 23.8 Å². The molecule has 1 unspecified atom stereocenters. The number of fused-ring (bicyclic) bond motifs is 3. The normalized spacial score (nSPS) is 19.0. The monoisotopic (exact) mass is 488 g/mol. The average Bonchev–Trinajstić information content (AvgIpc) is 3.22. The summed E-state index contributed by atoms with van der Waals surface area (Å²) in [7, 11) is 3.45. The molecule has 0 bridgehead atoms. The topological polar surface area (TPSA) is 86.4 Å². The molecule has 2 N–H and O–H groups in total. The van der Waals surface area contributed by atoms with E-state index in [2.05, 4.69) is 32.2 Å². The van der Waals surface area contributed by atoms with Gasteiger partial charge in [-0.3, -0.25) is 4.79 Å². The van der Waals surface area contributed by atoms with Gasteiger partial charge < -0.3 is 24.8 Å². The Labute approximate surface area is 200 Å². The number of aryl methyl sites for hydroxylation is 1. The van der Waals surface area contributed by atoms with Crippen molar-refractivity contribution in [2.45, 2.75) is 25.4 Å². The Balaban J connectivity index is 1.47. The van der Waals surface area contributed by atoms with Gasteiger partial charge in [-0.1, -0.05) is 0 Å². The minimum Gasteiger partial charge on any atom is -0.495 e. The third-order valence-electron chi connectivity index (χ3n) is 6.92. The Bertz CT molecular complexity index is 1250. The molecular formula is C24H27F3N6O2. The largest absolute Gasteiger partial charge is 0.495 e. The number of ether oxygens (including phenoxy) is 1. The van der Waals surface area contributed by atoms with Gasteiger partial charge >= 0.3 is 6.18 Å². The number of hydrogen-bond acceptors (Lipinski definition) is 6. The lowest BCUT2D eigenvalue weighted by Crippen LogP contribution is -2.49. The summed E-state index contributed by atoms with van der Waals surface area (Å²) in [6.07, 6.45) is -1.17. The lowest BCUT2D eigenvalue weighted by molar-refractivity contribution is -0.138. The van der Waals surface area contributed by atoms with Crippen molar-refractivity contribution in [3.63, 3.8) is 0 Å². The zero-order valence-corrected chi connectivity index (χ0v) is 19.6. The van der Waals surface area contributed by atoms with Gasteiger partial charge in [0, 0.05) is 37.8 Å². The molecule has 1 aliphatic heterocycles.